The van der Waals surface area contributed by atoms with Crippen LogP contribution in [0, 0.1) is 5.92 Å². The molecule has 0 aromatic carbocycles. The first-order chi connectivity index (χ1) is 5.09. The third-order valence-corrected chi connectivity index (χ3v) is 1.92. The van der Waals surface area contributed by atoms with Crippen molar-refractivity contribution in [3.8, 4) is 0 Å². The Hall–Kier alpha value is -0.0800. The third-order valence-electron chi connectivity index (χ3n) is 1.39. The van der Waals surface area contributed by atoms with Crippen LogP contribution in [0.4, 0.5) is 0 Å². The Bertz CT molecular complexity index is 143. The van der Waals surface area contributed by atoms with E-state index >= 15 is 0 Å². The van der Waals surface area contributed by atoms with Gasteiger partial charge in [0.05, 0.1) is 0 Å². The smallest absolute Gasteiger partial charge is 0.233 e. The molecular weight excluding hydrogens is 187 g/mol. The predicted octanol–water partition coefficient (Wildman–Crippen LogP) is 2.32. The minimum Gasteiger partial charge on any atom is -0.280 e. The largest absolute Gasteiger partial charge is 0.280 e. The molecule has 0 saturated heterocycles. The highest BCUT2D eigenvalue weighted by molar-refractivity contribution is 6.73. The van der Waals surface area contributed by atoms with Crippen molar-refractivity contribution >= 4 is 33.7 Å². The van der Waals surface area contributed by atoms with Crippen LogP contribution in [0.2, 0.25) is 0 Å². The van der Waals surface area contributed by atoms with E-state index in [2.05, 4.69) is 0 Å². The van der Waals surface area contributed by atoms with E-state index in [1.54, 1.807) is 0 Å². The number of rotatable bonds is 5. The Labute approximate surface area is 75.9 Å². The summed E-state index contributed by atoms with van der Waals surface area (Å²) < 4.78 is 0. The van der Waals surface area contributed by atoms with Crippen molar-refractivity contribution in [3.05, 3.63) is 0 Å². The molecule has 0 aliphatic rings. The van der Waals surface area contributed by atoms with Crippen molar-refractivity contribution in [1.29, 1.82) is 0 Å². The summed E-state index contributed by atoms with van der Waals surface area (Å²) in [5, 5.41) is -1.31. The van der Waals surface area contributed by atoms with Gasteiger partial charge in [-0.1, -0.05) is 19.8 Å². The van der Waals surface area contributed by atoms with Crippen LogP contribution in [-0.4, -0.2) is 10.5 Å². The third kappa shape index (κ3) is 4.38. The standard InChI is InChI=1S/C7H10Cl2O2/c1-2-3-4-5(6(8)10)7(9)11/h5H,2-4H2,1H3. The molecule has 0 atom stereocenters. The molecule has 0 aromatic rings. The van der Waals surface area contributed by atoms with E-state index in [1.165, 1.54) is 0 Å². The van der Waals surface area contributed by atoms with E-state index in [0.717, 1.165) is 12.8 Å². The summed E-state index contributed by atoms with van der Waals surface area (Å²) in [6, 6.07) is 0. The van der Waals surface area contributed by atoms with Crippen LogP contribution in [-0.2, 0) is 9.59 Å². The van der Waals surface area contributed by atoms with Gasteiger partial charge in [0, 0.05) is 0 Å². The van der Waals surface area contributed by atoms with Crippen molar-refractivity contribution in [3.63, 3.8) is 0 Å². The number of carbonyl (C=O) groups is 2. The second-order valence-corrected chi connectivity index (χ2v) is 3.05. The fourth-order valence-corrected chi connectivity index (χ4v) is 1.20. The van der Waals surface area contributed by atoms with Crippen LogP contribution in [0.1, 0.15) is 26.2 Å². The summed E-state index contributed by atoms with van der Waals surface area (Å²) in [6.45, 7) is 1.97. The van der Waals surface area contributed by atoms with Gasteiger partial charge in [-0.2, -0.15) is 0 Å². The highest BCUT2D eigenvalue weighted by Gasteiger charge is 2.21. The predicted molar refractivity (Wildman–Crippen MR) is 44.7 cm³/mol. The first-order valence-electron chi connectivity index (χ1n) is 3.48. The molecule has 0 aliphatic carbocycles. The number of halogens is 2. The highest BCUT2D eigenvalue weighted by Crippen LogP contribution is 2.14. The fraction of sp³-hybridized carbons (Fsp3) is 0.714. The van der Waals surface area contributed by atoms with Crippen molar-refractivity contribution in [2.75, 3.05) is 0 Å². The Morgan fingerprint density at radius 1 is 1.27 bits per heavy atom. The summed E-state index contributed by atoms with van der Waals surface area (Å²) in [5.41, 5.74) is 0. The van der Waals surface area contributed by atoms with Crippen LogP contribution < -0.4 is 0 Å². The molecule has 0 amide bonds. The normalized spacial score (nSPS) is 10.2. The molecule has 4 heteroatoms. The molecule has 0 N–H and O–H groups in total. The quantitative estimate of drug-likeness (QED) is 0.500. The van der Waals surface area contributed by atoms with Gasteiger partial charge >= 0.3 is 0 Å². The van der Waals surface area contributed by atoms with Crippen molar-refractivity contribution in [1.82, 2.24) is 0 Å². The van der Waals surface area contributed by atoms with E-state index in [0.29, 0.717) is 6.42 Å². The van der Waals surface area contributed by atoms with Gasteiger partial charge in [0.2, 0.25) is 10.5 Å². The van der Waals surface area contributed by atoms with Gasteiger partial charge in [0.15, 0.2) is 0 Å². The van der Waals surface area contributed by atoms with E-state index in [9.17, 15) is 9.59 Å². The summed E-state index contributed by atoms with van der Waals surface area (Å²) in [5.74, 6) is -0.807. The maximum absolute atomic E-state index is 10.6. The molecular formula is C7H10Cl2O2. The molecule has 0 bridgehead atoms. The summed E-state index contributed by atoms with van der Waals surface area (Å²) in [7, 11) is 0. The number of carbonyl (C=O) groups excluding carboxylic acids is 2. The van der Waals surface area contributed by atoms with Crippen LogP contribution in [0.3, 0.4) is 0 Å². The average Bonchev–Trinajstić information content (AvgIpc) is 1.87. The first kappa shape index (κ1) is 10.9. The first-order valence-corrected chi connectivity index (χ1v) is 4.23. The van der Waals surface area contributed by atoms with Gasteiger partial charge in [-0.3, -0.25) is 9.59 Å². The molecule has 0 unspecified atom stereocenters. The summed E-state index contributed by atoms with van der Waals surface area (Å²) in [6.07, 6.45) is 2.17. The average molecular weight is 197 g/mol. The Morgan fingerprint density at radius 2 is 1.73 bits per heavy atom. The SMILES string of the molecule is CCCCC(C(=O)Cl)C(=O)Cl. The van der Waals surface area contributed by atoms with Crippen LogP contribution in [0.25, 0.3) is 0 Å². The summed E-state index contributed by atoms with van der Waals surface area (Å²) >= 11 is 10.3. The fourth-order valence-electron chi connectivity index (χ4n) is 0.724. The Morgan fingerprint density at radius 3 is 2.00 bits per heavy atom. The van der Waals surface area contributed by atoms with E-state index in [4.69, 9.17) is 23.2 Å². The van der Waals surface area contributed by atoms with Gasteiger partial charge in [0.1, 0.15) is 5.92 Å². The molecule has 0 radical (unpaired) electrons. The van der Waals surface area contributed by atoms with Crippen molar-refractivity contribution < 1.29 is 9.59 Å². The lowest BCUT2D eigenvalue weighted by molar-refractivity contribution is -0.124. The maximum atomic E-state index is 10.6. The second-order valence-electron chi connectivity index (χ2n) is 2.30. The van der Waals surface area contributed by atoms with Gasteiger partial charge < -0.3 is 0 Å². The zero-order chi connectivity index (χ0) is 8.85. The second kappa shape index (κ2) is 5.56. The van der Waals surface area contributed by atoms with Gasteiger partial charge in [0.25, 0.3) is 0 Å². The molecule has 2 nitrogen and oxygen atoms in total. The van der Waals surface area contributed by atoms with Crippen LogP contribution in [0.15, 0.2) is 0 Å². The monoisotopic (exact) mass is 196 g/mol. The van der Waals surface area contributed by atoms with E-state index in [-0.39, 0.29) is 0 Å². The molecule has 0 spiro atoms. The van der Waals surface area contributed by atoms with Crippen molar-refractivity contribution in [2.24, 2.45) is 5.92 Å². The van der Waals surface area contributed by atoms with Crippen LogP contribution in [0.5, 0.6) is 0 Å². The van der Waals surface area contributed by atoms with Gasteiger partial charge in [-0.15, -0.1) is 0 Å². The minimum absolute atomic E-state index is 0.459. The van der Waals surface area contributed by atoms with E-state index in [1.807, 2.05) is 6.92 Å². The zero-order valence-electron chi connectivity index (χ0n) is 6.27. The number of hydrogen-bond donors (Lipinski definition) is 0. The minimum atomic E-state index is -0.807. The topological polar surface area (TPSA) is 34.1 Å². The number of unbranched alkanes of at least 4 members (excludes halogenated alkanes) is 1. The molecule has 0 fully saturated rings. The van der Waals surface area contributed by atoms with Crippen molar-refractivity contribution in [2.45, 2.75) is 26.2 Å². The molecule has 64 valence electrons. The molecule has 0 heterocycles. The highest BCUT2D eigenvalue weighted by atomic mass is 35.5. The summed E-state index contributed by atoms with van der Waals surface area (Å²) in [4.78, 5) is 21.1. The lowest BCUT2D eigenvalue weighted by atomic mass is 10.1. The Kier molecular flexibility index (Phi) is 5.51. The van der Waals surface area contributed by atoms with Crippen LogP contribution >= 0.6 is 23.2 Å². The molecule has 0 saturated carbocycles. The molecule has 0 aromatic heterocycles. The van der Waals surface area contributed by atoms with E-state index < -0.39 is 16.4 Å². The molecule has 0 rings (SSSR count). The maximum Gasteiger partial charge on any atom is 0.233 e. The lowest BCUT2D eigenvalue weighted by Gasteiger charge is -2.04. The molecule has 11 heavy (non-hydrogen) atoms. The Balaban J connectivity index is 3.90. The molecule has 0 aliphatic heterocycles. The zero-order valence-corrected chi connectivity index (χ0v) is 7.78. The lowest BCUT2D eigenvalue weighted by Crippen LogP contribution is -2.15. The van der Waals surface area contributed by atoms with Gasteiger partial charge in [-0.05, 0) is 29.6 Å². The van der Waals surface area contributed by atoms with Gasteiger partial charge in [-0.25, -0.2) is 0 Å². The number of hydrogen-bond acceptors (Lipinski definition) is 2.